The van der Waals surface area contributed by atoms with E-state index in [1.165, 1.54) is 30.3 Å². The zero-order valence-electron chi connectivity index (χ0n) is 24.2. The second-order valence-electron chi connectivity index (χ2n) is 11.7. The van der Waals surface area contributed by atoms with Crippen molar-refractivity contribution in [2.75, 3.05) is 6.61 Å². The van der Waals surface area contributed by atoms with Gasteiger partial charge in [-0.25, -0.2) is 14.4 Å². The molecule has 11 heteroatoms. The Hall–Kier alpha value is -3.20. The third kappa shape index (κ3) is 5.73. The fourth-order valence-electron chi connectivity index (χ4n) is 6.70. The lowest BCUT2D eigenvalue weighted by Crippen LogP contribution is -2.52. The first-order valence-corrected chi connectivity index (χ1v) is 15.0. The van der Waals surface area contributed by atoms with E-state index in [4.69, 9.17) is 16.3 Å². The molecular formula is C32H36ClFN4O5. The molecule has 1 amide bonds. The van der Waals surface area contributed by atoms with Crippen LogP contribution in [0.25, 0.3) is 0 Å². The molecule has 2 unspecified atom stereocenters. The van der Waals surface area contributed by atoms with E-state index >= 15 is 4.39 Å². The molecule has 1 aliphatic heterocycles. The standard InChI is InChI=1S/C32H36ClFN4O5/c1-3-31(42,21-6-10-25(40)11-7-21)23-12-26-29(27(34)13-23)32(43-18-19(2)39,22-4-8-24(33)9-5-22)38(30(26)41)17-28-36-15-20(14-35)16-37-28/h4,8-9,12-13,15-16,19,21-22,25,39-40,42H,3,5-7,10-11,17-18H2,1-2H3/t19-,21?,22?,25?,31?,32-/m1/s1. The predicted molar refractivity (Wildman–Crippen MR) is 156 cm³/mol. The molecule has 0 radical (unpaired) electrons. The quantitative estimate of drug-likeness (QED) is 0.376. The summed E-state index contributed by atoms with van der Waals surface area (Å²) in [4.78, 5) is 24.2. The molecule has 2 heterocycles. The normalized spacial score (nSPS) is 27.3. The smallest absolute Gasteiger partial charge is 0.257 e. The summed E-state index contributed by atoms with van der Waals surface area (Å²) in [5, 5.41) is 41.9. The minimum absolute atomic E-state index is 0.00846. The number of fused-ring (bicyclic) bond motifs is 1. The van der Waals surface area contributed by atoms with E-state index in [1.807, 2.05) is 13.0 Å². The molecular weight excluding hydrogens is 575 g/mol. The fraction of sp³-hybridized carbons (Fsp3) is 0.500. The number of carbonyl (C=O) groups excluding carboxylic acids is 1. The Morgan fingerprint density at radius 2 is 1.98 bits per heavy atom. The van der Waals surface area contributed by atoms with Crippen LogP contribution in [0.2, 0.25) is 0 Å². The lowest BCUT2D eigenvalue weighted by molar-refractivity contribution is -0.183. The summed E-state index contributed by atoms with van der Waals surface area (Å²) in [5.41, 5.74) is -2.52. The van der Waals surface area contributed by atoms with Gasteiger partial charge >= 0.3 is 0 Å². The highest BCUT2D eigenvalue weighted by Crippen LogP contribution is 2.52. The van der Waals surface area contributed by atoms with Crippen LogP contribution in [-0.4, -0.2) is 54.9 Å². The third-order valence-electron chi connectivity index (χ3n) is 8.97. The number of halogens is 2. The highest BCUT2D eigenvalue weighted by atomic mass is 35.5. The average Bonchev–Trinajstić information content (AvgIpc) is 3.24. The van der Waals surface area contributed by atoms with Gasteiger partial charge in [0.1, 0.15) is 17.7 Å². The van der Waals surface area contributed by atoms with E-state index < -0.39 is 41.2 Å². The number of carbonyl (C=O) groups is 1. The number of aliphatic hydroxyl groups is 3. The van der Waals surface area contributed by atoms with Gasteiger partial charge in [-0.15, -0.1) is 0 Å². The lowest BCUT2D eigenvalue weighted by atomic mass is 9.71. The Labute approximate surface area is 255 Å². The van der Waals surface area contributed by atoms with E-state index in [0.717, 1.165) is 0 Å². The molecule has 5 rings (SSSR count). The molecule has 228 valence electrons. The first kappa shape index (κ1) is 31.2. The lowest BCUT2D eigenvalue weighted by Gasteiger charge is -2.44. The van der Waals surface area contributed by atoms with Gasteiger partial charge in [-0.05, 0) is 75.1 Å². The maximum absolute atomic E-state index is 16.7. The predicted octanol–water partition coefficient (Wildman–Crippen LogP) is 4.54. The Morgan fingerprint density at radius 3 is 2.56 bits per heavy atom. The van der Waals surface area contributed by atoms with Crippen LogP contribution < -0.4 is 0 Å². The van der Waals surface area contributed by atoms with E-state index in [2.05, 4.69) is 9.97 Å². The van der Waals surface area contributed by atoms with Gasteiger partial charge in [0, 0.05) is 23.3 Å². The Morgan fingerprint density at radius 1 is 1.28 bits per heavy atom. The van der Waals surface area contributed by atoms with Crippen molar-refractivity contribution in [2.24, 2.45) is 11.8 Å². The summed E-state index contributed by atoms with van der Waals surface area (Å²) < 4.78 is 23.1. The Balaban J connectivity index is 1.67. The number of nitriles is 1. The van der Waals surface area contributed by atoms with E-state index in [1.54, 1.807) is 24.3 Å². The molecule has 9 nitrogen and oxygen atoms in total. The van der Waals surface area contributed by atoms with Crippen molar-refractivity contribution in [1.82, 2.24) is 14.9 Å². The summed E-state index contributed by atoms with van der Waals surface area (Å²) in [6, 6.07) is 4.82. The number of nitrogens with zero attached hydrogens (tertiary/aromatic N) is 4. The number of hydrogen-bond donors (Lipinski definition) is 3. The molecule has 0 bridgehead atoms. The van der Waals surface area contributed by atoms with Gasteiger partial charge < -0.3 is 20.1 Å². The summed E-state index contributed by atoms with van der Waals surface area (Å²) >= 11 is 6.24. The molecule has 1 aromatic heterocycles. The molecule has 3 N–H and O–H groups in total. The van der Waals surface area contributed by atoms with Crippen LogP contribution in [0.4, 0.5) is 4.39 Å². The van der Waals surface area contributed by atoms with Gasteiger partial charge in [0.25, 0.3) is 5.91 Å². The zero-order valence-corrected chi connectivity index (χ0v) is 25.0. The highest BCUT2D eigenvalue weighted by molar-refractivity contribution is 6.31. The van der Waals surface area contributed by atoms with E-state index in [-0.39, 0.29) is 41.6 Å². The number of amides is 1. The molecule has 1 fully saturated rings. The molecule has 1 saturated carbocycles. The van der Waals surface area contributed by atoms with Gasteiger partial charge in [0.2, 0.25) is 0 Å². The summed E-state index contributed by atoms with van der Waals surface area (Å²) in [7, 11) is 0. The van der Waals surface area contributed by atoms with Crippen LogP contribution >= 0.6 is 11.6 Å². The van der Waals surface area contributed by atoms with Crippen LogP contribution in [0.1, 0.15) is 85.2 Å². The molecule has 43 heavy (non-hydrogen) atoms. The molecule has 3 aliphatic rings. The second kappa shape index (κ2) is 12.4. The number of benzene rings is 1. The molecule has 1 aromatic carbocycles. The van der Waals surface area contributed by atoms with Crippen LogP contribution in [-0.2, 0) is 22.6 Å². The summed E-state index contributed by atoms with van der Waals surface area (Å²) in [5.74, 6) is -1.86. The molecule has 2 aliphatic carbocycles. The van der Waals surface area contributed by atoms with Crippen molar-refractivity contribution < 1.29 is 29.2 Å². The van der Waals surface area contributed by atoms with Gasteiger partial charge in [-0.2, -0.15) is 5.26 Å². The first-order chi connectivity index (χ1) is 20.5. The molecule has 0 spiro atoms. The fourth-order valence-corrected chi connectivity index (χ4v) is 6.86. The van der Waals surface area contributed by atoms with Crippen molar-refractivity contribution in [3.63, 3.8) is 0 Å². The van der Waals surface area contributed by atoms with Gasteiger partial charge in [-0.1, -0.05) is 30.7 Å². The topological polar surface area (TPSA) is 140 Å². The van der Waals surface area contributed by atoms with E-state index in [9.17, 15) is 25.4 Å². The monoisotopic (exact) mass is 610 g/mol. The minimum Gasteiger partial charge on any atom is -0.393 e. The van der Waals surface area contributed by atoms with E-state index in [0.29, 0.717) is 49.1 Å². The van der Waals surface area contributed by atoms with Gasteiger partial charge in [0.05, 0.1) is 47.7 Å². The van der Waals surface area contributed by atoms with Crippen LogP contribution in [0.3, 0.4) is 0 Å². The number of allylic oxidation sites excluding steroid dienone is 3. The minimum atomic E-state index is -1.70. The average molecular weight is 611 g/mol. The van der Waals surface area contributed by atoms with Crippen LogP contribution in [0.5, 0.6) is 0 Å². The first-order valence-electron chi connectivity index (χ1n) is 14.7. The highest BCUT2D eigenvalue weighted by Gasteiger charge is 2.57. The maximum Gasteiger partial charge on any atom is 0.257 e. The third-order valence-corrected chi connectivity index (χ3v) is 9.25. The molecule has 4 atom stereocenters. The van der Waals surface area contributed by atoms with Crippen molar-refractivity contribution in [3.05, 3.63) is 81.7 Å². The van der Waals surface area contributed by atoms with Crippen molar-refractivity contribution in [1.29, 1.82) is 5.26 Å². The van der Waals surface area contributed by atoms with Crippen molar-refractivity contribution in [2.45, 2.75) is 82.5 Å². The van der Waals surface area contributed by atoms with Crippen LogP contribution in [0.15, 0.2) is 47.8 Å². The maximum atomic E-state index is 16.7. The van der Waals surface area contributed by atoms with Crippen molar-refractivity contribution >= 4 is 17.5 Å². The van der Waals surface area contributed by atoms with Crippen LogP contribution in [0, 0.1) is 29.0 Å². The van der Waals surface area contributed by atoms with Gasteiger partial charge in [-0.3, -0.25) is 9.69 Å². The molecule has 2 aromatic rings. The van der Waals surface area contributed by atoms with Gasteiger partial charge in [0.15, 0.2) is 5.72 Å². The Kier molecular flexibility index (Phi) is 9.02. The summed E-state index contributed by atoms with van der Waals surface area (Å²) in [6.45, 7) is 2.98. The van der Waals surface area contributed by atoms with Crippen molar-refractivity contribution in [3.8, 4) is 6.07 Å². The number of hydrogen-bond acceptors (Lipinski definition) is 8. The zero-order chi connectivity index (χ0) is 30.9. The number of ether oxygens (including phenoxy) is 1. The summed E-state index contributed by atoms with van der Waals surface area (Å²) in [6.07, 6.45) is 9.37. The molecule has 0 saturated heterocycles. The largest absolute Gasteiger partial charge is 0.393 e. The second-order valence-corrected chi connectivity index (χ2v) is 12.1. The number of rotatable bonds is 9. The number of aromatic nitrogens is 2. The number of aliphatic hydroxyl groups excluding tert-OH is 2. The SMILES string of the molecule is CCC(O)(c1cc(F)c2c(c1)C(=O)N(Cc1ncc(C#N)cn1)[C@@]2(OC[C@@H](C)O)C1C=CC(Cl)=CC1)C1CCC(O)CC1. The Bertz CT molecular complexity index is 1470.